The van der Waals surface area contributed by atoms with E-state index in [1.54, 1.807) is 21.7 Å². The molecule has 0 aliphatic carbocycles. The van der Waals surface area contributed by atoms with Crippen LogP contribution < -0.4 is 0 Å². The number of nitrogens with zero attached hydrogens (tertiary/aromatic N) is 5. The number of fused-ring (bicyclic) bond motifs is 1. The topological polar surface area (TPSA) is 63.9 Å². The van der Waals surface area contributed by atoms with E-state index in [2.05, 4.69) is 16.7 Å². The zero-order valence-corrected chi connectivity index (χ0v) is 14.9. The number of halogens is 1. The van der Waals surface area contributed by atoms with Crippen LogP contribution in [-0.4, -0.2) is 37.1 Å². The summed E-state index contributed by atoms with van der Waals surface area (Å²) in [5, 5.41) is 4.48. The Hall–Kier alpha value is -3.35. The summed E-state index contributed by atoms with van der Waals surface area (Å²) >= 11 is 0. The molecule has 136 valence electrons. The summed E-state index contributed by atoms with van der Waals surface area (Å²) in [7, 11) is 1.85. The first kappa shape index (κ1) is 17.1. The number of carbonyl (C=O) groups is 1. The number of hydrogen-bond acceptors (Lipinski definition) is 4. The van der Waals surface area contributed by atoms with Gasteiger partial charge in [0, 0.05) is 30.9 Å². The van der Waals surface area contributed by atoms with E-state index in [4.69, 9.17) is 4.98 Å². The molecule has 6 nitrogen and oxygen atoms in total. The lowest BCUT2D eigenvalue weighted by Gasteiger charge is -2.28. The molecule has 7 heteroatoms. The van der Waals surface area contributed by atoms with Gasteiger partial charge in [0.1, 0.15) is 11.5 Å². The Morgan fingerprint density at radius 1 is 1.22 bits per heavy atom. The fourth-order valence-electron chi connectivity index (χ4n) is 3.23. The van der Waals surface area contributed by atoms with Gasteiger partial charge in [0.15, 0.2) is 5.82 Å². The van der Waals surface area contributed by atoms with E-state index >= 15 is 0 Å². The Morgan fingerprint density at radius 3 is 2.67 bits per heavy atom. The summed E-state index contributed by atoms with van der Waals surface area (Å²) in [5.41, 5.74) is 4.00. The van der Waals surface area contributed by atoms with E-state index in [0.717, 1.165) is 22.6 Å². The summed E-state index contributed by atoms with van der Waals surface area (Å²) in [6.45, 7) is 4.53. The van der Waals surface area contributed by atoms with Gasteiger partial charge in [-0.2, -0.15) is 5.10 Å². The number of carbonyl (C=O) groups excluding carboxylic acids is 1. The van der Waals surface area contributed by atoms with Crippen LogP contribution in [0, 0.1) is 5.82 Å². The zero-order chi connectivity index (χ0) is 19.0. The van der Waals surface area contributed by atoms with Crippen molar-refractivity contribution < 1.29 is 9.18 Å². The average Bonchev–Trinajstić information content (AvgIpc) is 3.12. The van der Waals surface area contributed by atoms with Gasteiger partial charge in [-0.05, 0) is 42.8 Å². The van der Waals surface area contributed by atoms with Crippen molar-refractivity contribution >= 4 is 5.91 Å². The molecule has 0 saturated heterocycles. The molecular weight excluding hydrogens is 345 g/mol. The maximum atomic E-state index is 13.3. The minimum absolute atomic E-state index is 0.123. The molecule has 0 unspecified atom stereocenters. The molecule has 0 saturated carbocycles. The molecule has 0 N–H and O–H groups in total. The summed E-state index contributed by atoms with van der Waals surface area (Å²) < 4.78 is 15.0. The van der Waals surface area contributed by atoms with Gasteiger partial charge in [-0.25, -0.2) is 14.4 Å². The highest BCUT2D eigenvalue weighted by Gasteiger charge is 2.25. The van der Waals surface area contributed by atoms with Crippen molar-refractivity contribution in [1.29, 1.82) is 0 Å². The van der Waals surface area contributed by atoms with E-state index in [1.165, 1.54) is 18.2 Å². The summed E-state index contributed by atoms with van der Waals surface area (Å²) in [6.07, 6.45) is 3.81. The van der Waals surface area contributed by atoms with Crippen molar-refractivity contribution in [1.82, 2.24) is 24.6 Å². The predicted molar refractivity (Wildman–Crippen MR) is 98.9 cm³/mol. The Labute approximate surface area is 156 Å². The molecule has 0 radical (unpaired) electrons. The number of aryl methyl sites for hydroxylation is 1. The monoisotopic (exact) mass is 363 g/mol. The normalized spacial score (nSPS) is 13.3. The second kappa shape index (κ2) is 6.75. The highest BCUT2D eigenvalue weighted by Crippen LogP contribution is 2.30. The minimum atomic E-state index is -0.315. The predicted octanol–water partition coefficient (Wildman–Crippen LogP) is 2.75. The van der Waals surface area contributed by atoms with E-state index in [1.807, 2.05) is 19.3 Å². The highest BCUT2D eigenvalue weighted by molar-refractivity contribution is 5.87. The molecule has 3 heterocycles. The van der Waals surface area contributed by atoms with Crippen LogP contribution in [0.3, 0.4) is 0 Å². The van der Waals surface area contributed by atoms with E-state index < -0.39 is 0 Å². The fourth-order valence-corrected chi connectivity index (χ4v) is 3.23. The van der Waals surface area contributed by atoms with Crippen molar-refractivity contribution in [3.63, 3.8) is 0 Å². The Kier molecular flexibility index (Phi) is 4.27. The smallest absolute Gasteiger partial charge is 0.246 e. The van der Waals surface area contributed by atoms with Crippen LogP contribution in [0.2, 0.25) is 0 Å². The lowest BCUT2D eigenvalue weighted by molar-refractivity contribution is -0.126. The Balaban J connectivity index is 1.85. The summed E-state index contributed by atoms with van der Waals surface area (Å²) in [4.78, 5) is 23.1. The van der Waals surface area contributed by atoms with Gasteiger partial charge in [0.05, 0.1) is 17.9 Å². The molecule has 4 rings (SSSR count). The minimum Gasteiger partial charge on any atom is -0.333 e. The average molecular weight is 363 g/mol. The van der Waals surface area contributed by atoms with Crippen molar-refractivity contribution in [3.8, 4) is 22.8 Å². The molecular formula is C20H18FN5O. The zero-order valence-electron chi connectivity index (χ0n) is 14.9. The van der Waals surface area contributed by atoms with Gasteiger partial charge in [0.2, 0.25) is 5.91 Å². The van der Waals surface area contributed by atoms with Crippen LogP contribution in [-0.2, 0) is 24.8 Å². The molecule has 3 aromatic rings. The molecule has 1 aliphatic rings. The Morgan fingerprint density at radius 2 is 2.00 bits per heavy atom. The number of benzene rings is 1. The molecule has 1 aliphatic heterocycles. The van der Waals surface area contributed by atoms with Crippen molar-refractivity contribution in [2.24, 2.45) is 7.05 Å². The third kappa shape index (κ3) is 3.23. The van der Waals surface area contributed by atoms with Crippen LogP contribution in [0.4, 0.5) is 4.39 Å². The standard InChI is InChI=1S/C20H18FN5O/c1-3-18(27)26-11-8-15-17(12-26)22-20(13-4-6-14(21)7-5-13)23-19(15)16-9-10-25(2)24-16/h3-7,9-10H,1,8,11-12H2,2H3. The first-order chi connectivity index (χ1) is 13.0. The number of aromatic nitrogens is 4. The lowest BCUT2D eigenvalue weighted by Crippen LogP contribution is -2.35. The van der Waals surface area contributed by atoms with Gasteiger partial charge in [-0.3, -0.25) is 9.48 Å². The van der Waals surface area contributed by atoms with Crippen LogP contribution in [0.25, 0.3) is 22.8 Å². The second-order valence-corrected chi connectivity index (χ2v) is 6.42. The van der Waals surface area contributed by atoms with Crippen molar-refractivity contribution in [3.05, 3.63) is 66.3 Å². The molecule has 0 bridgehead atoms. The molecule has 0 spiro atoms. The molecule has 0 atom stereocenters. The Bertz CT molecular complexity index is 1030. The third-order valence-corrected chi connectivity index (χ3v) is 4.61. The van der Waals surface area contributed by atoms with Crippen LogP contribution in [0.5, 0.6) is 0 Å². The van der Waals surface area contributed by atoms with Crippen LogP contribution in [0.15, 0.2) is 49.2 Å². The van der Waals surface area contributed by atoms with Crippen LogP contribution >= 0.6 is 0 Å². The van der Waals surface area contributed by atoms with E-state index in [0.29, 0.717) is 30.9 Å². The van der Waals surface area contributed by atoms with Gasteiger partial charge in [0.25, 0.3) is 0 Å². The van der Waals surface area contributed by atoms with Gasteiger partial charge >= 0.3 is 0 Å². The van der Waals surface area contributed by atoms with Crippen molar-refractivity contribution in [2.75, 3.05) is 6.54 Å². The maximum absolute atomic E-state index is 13.3. The number of rotatable bonds is 3. The number of hydrogen-bond donors (Lipinski definition) is 0. The molecule has 1 amide bonds. The molecule has 2 aromatic heterocycles. The summed E-state index contributed by atoms with van der Waals surface area (Å²) in [6, 6.07) is 7.96. The van der Waals surface area contributed by atoms with E-state index in [9.17, 15) is 9.18 Å². The van der Waals surface area contributed by atoms with Crippen LogP contribution in [0.1, 0.15) is 11.3 Å². The van der Waals surface area contributed by atoms with Crippen molar-refractivity contribution in [2.45, 2.75) is 13.0 Å². The SMILES string of the molecule is C=CC(=O)N1CCc2c(nc(-c3ccc(F)cc3)nc2-c2ccn(C)n2)C1. The summed E-state index contributed by atoms with van der Waals surface area (Å²) in [5.74, 6) is 0.0497. The molecule has 27 heavy (non-hydrogen) atoms. The quantitative estimate of drug-likeness (QED) is 0.671. The van der Waals surface area contributed by atoms with E-state index in [-0.39, 0.29) is 11.7 Å². The third-order valence-electron chi connectivity index (χ3n) is 4.61. The fraction of sp³-hybridized carbons (Fsp3) is 0.200. The maximum Gasteiger partial charge on any atom is 0.246 e. The van der Waals surface area contributed by atoms with Gasteiger partial charge < -0.3 is 4.90 Å². The number of amides is 1. The second-order valence-electron chi connectivity index (χ2n) is 6.42. The van der Waals surface area contributed by atoms with Gasteiger partial charge in [-0.15, -0.1) is 0 Å². The van der Waals surface area contributed by atoms with Gasteiger partial charge in [-0.1, -0.05) is 6.58 Å². The molecule has 0 fully saturated rings. The highest BCUT2D eigenvalue weighted by atomic mass is 19.1. The molecule has 1 aromatic carbocycles. The largest absolute Gasteiger partial charge is 0.333 e. The first-order valence-electron chi connectivity index (χ1n) is 8.62. The first-order valence-corrected chi connectivity index (χ1v) is 8.62. The lowest BCUT2D eigenvalue weighted by atomic mass is 10.0.